The molecule has 0 radical (unpaired) electrons. The highest BCUT2D eigenvalue weighted by molar-refractivity contribution is 7.80. The second kappa shape index (κ2) is 6.58. The number of piperidine rings is 1. The molecule has 0 atom stereocenters. The highest BCUT2D eigenvalue weighted by atomic mass is 35.5. The SMILES string of the molecule is S=C(c1c(-c2ccc(Cl)cc2)[nH]c2ccccc12)N1CCCCC1. The topological polar surface area (TPSA) is 19.0 Å². The minimum atomic E-state index is 0.745. The number of hydrogen-bond acceptors (Lipinski definition) is 1. The van der Waals surface area contributed by atoms with Crippen LogP contribution in [0.15, 0.2) is 48.5 Å². The van der Waals surface area contributed by atoms with Gasteiger partial charge in [0, 0.05) is 34.6 Å². The third-order valence-electron chi connectivity index (χ3n) is 4.70. The molecule has 1 fully saturated rings. The fourth-order valence-electron chi connectivity index (χ4n) is 3.45. The van der Waals surface area contributed by atoms with Gasteiger partial charge >= 0.3 is 0 Å². The maximum absolute atomic E-state index is 6.06. The molecule has 0 unspecified atom stereocenters. The molecule has 0 spiro atoms. The zero-order valence-electron chi connectivity index (χ0n) is 13.4. The van der Waals surface area contributed by atoms with Crippen molar-refractivity contribution in [1.29, 1.82) is 0 Å². The van der Waals surface area contributed by atoms with E-state index in [4.69, 9.17) is 23.8 Å². The van der Waals surface area contributed by atoms with Crippen molar-refractivity contribution >= 4 is 39.7 Å². The molecule has 122 valence electrons. The van der Waals surface area contributed by atoms with E-state index < -0.39 is 0 Å². The van der Waals surface area contributed by atoms with Gasteiger partial charge in [-0.1, -0.05) is 54.2 Å². The van der Waals surface area contributed by atoms with Gasteiger partial charge in [-0.2, -0.15) is 0 Å². The third-order valence-corrected chi connectivity index (χ3v) is 5.41. The van der Waals surface area contributed by atoms with Gasteiger partial charge in [-0.05, 0) is 43.0 Å². The zero-order chi connectivity index (χ0) is 16.5. The number of aromatic amines is 1. The Kier molecular flexibility index (Phi) is 4.30. The number of likely N-dealkylation sites (tertiary alicyclic amines) is 1. The number of fused-ring (bicyclic) bond motifs is 1. The van der Waals surface area contributed by atoms with Crippen LogP contribution in [-0.2, 0) is 0 Å². The number of hydrogen-bond donors (Lipinski definition) is 1. The number of aromatic nitrogens is 1. The Morgan fingerprint density at radius 2 is 1.67 bits per heavy atom. The molecule has 4 rings (SSSR count). The lowest BCUT2D eigenvalue weighted by molar-refractivity contribution is 0.348. The molecular formula is C20H19ClN2S. The summed E-state index contributed by atoms with van der Waals surface area (Å²) in [6, 6.07) is 16.3. The second-order valence-corrected chi connectivity index (χ2v) is 7.10. The van der Waals surface area contributed by atoms with E-state index in [-0.39, 0.29) is 0 Å². The lowest BCUT2D eigenvalue weighted by Gasteiger charge is -2.29. The first-order valence-electron chi connectivity index (χ1n) is 8.40. The Bertz CT molecular complexity index is 876. The third kappa shape index (κ3) is 2.83. The number of thiocarbonyl (C=S) groups is 1. The van der Waals surface area contributed by atoms with Crippen molar-refractivity contribution in [3.63, 3.8) is 0 Å². The van der Waals surface area contributed by atoms with Crippen molar-refractivity contribution in [1.82, 2.24) is 9.88 Å². The number of rotatable bonds is 2. The molecule has 2 nitrogen and oxygen atoms in total. The predicted octanol–water partition coefficient (Wildman–Crippen LogP) is 5.65. The molecule has 1 aliphatic rings. The number of para-hydroxylation sites is 1. The van der Waals surface area contributed by atoms with Crippen molar-refractivity contribution < 1.29 is 0 Å². The number of nitrogens with one attached hydrogen (secondary N) is 1. The lowest BCUT2D eigenvalue weighted by Crippen LogP contribution is -2.35. The van der Waals surface area contributed by atoms with E-state index in [0.29, 0.717) is 0 Å². The van der Waals surface area contributed by atoms with E-state index in [2.05, 4.69) is 46.3 Å². The summed E-state index contributed by atoms with van der Waals surface area (Å²) in [7, 11) is 0. The quantitative estimate of drug-likeness (QED) is 0.599. The van der Waals surface area contributed by atoms with E-state index >= 15 is 0 Å². The molecule has 1 N–H and O–H groups in total. The van der Waals surface area contributed by atoms with Crippen molar-refractivity contribution in [3.8, 4) is 11.3 Å². The maximum Gasteiger partial charge on any atom is 0.112 e. The molecule has 1 aliphatic heterocycles. The van der Waals surface area contributed by atoms with Gasteiger partial charge in [-0.3, -0.25) is 0 Å². The summed E-state index contributed by atoms with van der Waals surface area (Å²) in [5.41, 5.74) is 4.47. The predicted molar refractivity (Wildman–Crippen MR) is 106 cm³/mol. The fourth-order valence-corrected chi connectivity index (χ4v) is 3.97. The summed E-state index contributed by atoms with van der Waals surface area (Å²) in [6.07, 6.45) is 3.74. The largest absolute Gasteiger partial charge is 0.362 e. The van der Waals surface area contributed by atoms with Crippen LogP contribution in [0.4, 0.5) is 0 Å². The molecule has 4 heteroatoms. The van der Waals surface area contributed by atoms with Crippen LogP contribution in [0.2, 0.25) is 5.02 Å². The van der Waals surface area contributed by atoms with Gasteiger partial charge in [0.05, 0.1) is 5.69 Å². The number of H-pyrrole nitrogens is 1. The molecule has 1 saturated heterocycles. The Morgan fingerprint density at radius 3 is 2.42 bits per heavy atom. The summed E-state index contributed by atoms with van der Waals surface area (Å²) < 4.78 is 0. The van der Waals surface area contributed by atoms with Crippen LogP contribution in [0.3, 0.4) is 0 Å². The number of nitrogens with zero attached hydrogens (tertiary/aromatic N) is 1. The summed E-state index contributed by atoms with van der Waals surface area (Å²) >= 11 is 12.0. The Morgan fingerprint density at radius 1 is 0.958 bits per heavy atom. The van der Waals surface area contributed by atoms with Crippen molar-refractivity contribution in [3.05, 3.63) is 59.1 Å². The second-order valence-electron chi connectivity index (χ2n) is 6.28. The number of benzene rings is 2. The van der Waals surface area contributed by atoms with E-state index in [1.54, 1.807) is 0 Å². The smallest absolute Gasteiger partial charge is 0.112 e. The minimum absolute atomic E-state index is 0.745. The Hall–Kier alpha value is -1.84. The normalized spacial score (nSPS) is 15.0. The maximum atomic E-state index is 6.06. The fraction of sp³-hybridized carbons (Fsp3) is 0.250. The molecule has 0 saturated carbocycles. The van der Waals surface area contributed by atoms with Gasteiger partial charge in [0.15, 0.2) is 0 Å². The van der Waals surface area contributed by atoms with Crippen molar-refractivity contribution in [2.24, 2.45) is 0 Å². The first-order chi connectivity index (χ1) is 11.7. The molecule has 2 aromatic carbocycles. The first kappa shape index (κ1) is 15.7. The van der Waals surface area contributed by atoms with Crippen LogP contribution in [0, 0.1) is 0 Å². The van der Waals surface area contributed by atoms with Gasteiger partial charge in [-0.15, -0.1) is 0 Å². The van der Waals surface area contributed by atoms with Gasteiger partial charge in [-0.25, -0.2) is 0 Å². The number of halogens is 1. The molecular weight excluding hydrogens is 336 g/mol. The van der Waals surface area contributed by atoms with Gasteiger partial charge in [0.2, 0.25) is 0 Å². The molecule has 3 aromatic rings. The zero-order valence-corrected chi connectivity index (χ0v) is 15.0. The van der Waals surface area contributed by atoms with Crippen LogP contribution in [0.25, 0.3) is 22.2 Å². The average Bonchev–Trinajstić information content (AvgIpc) is 3.02. The lowest BCUT2D eigenvalue weighted by atomic mass is 10.0. The van der Waals surface area contributed by atoms with Crippen LogP contribution in [0.1, 0.15) is 24.8 Å². The minimum Gasteiger partial charge on any atom is -0.362 e. The van der Waals surface area contributed by atoms with E-state index in [1.807, 2.05) is 12.1 Å². The van der Waals surface area contributed by atoms with Crippen molar-refractivity contribution in [2.75, 3.05) is 13.1 Å². The highest BCUT2D eigenvalue weighted by Gasteiger charge is 2.22. The van der Waals surface area contributed by atoms with Gasteiger partial charge in [0.25, 0.3) is 0 Å². The molecule has 0 amide bonds. The summed E-state index contributed by atoms with van der Waals surface area (Å²) in [6.45, 7) is 2.11. The van der Waals surface area contributed by atoms with Crippen molar-refractivity contribution in [2.45, 2.75) is 19.3 Å². The van der Waals surface area contributed by atoms with Gasteiger partial charge < -0.3 is 9.88 Å². The van der Waals surface area contributed by atoms with E-state index in [1.165, 1.54) is 24.6 Å². The standard InChI is InChI=1S/C20H19ClN2S/c21-15-10-8-14(9-11-15)19-18(16-6-2-3-7-17(16)22-19)20(24)23-12-4-1-5-13-23/h2-3,6-11,22H,1,4-5,12-13H2. The van der Waals surface area contributed by atoms with Crippen LogP contribution < -0.4 is 0 Å². The Balaban J connectivity index is 1.86. The average molecular weight is 355 g/mol. The van der Waals surface area contributed by atoms with E-state index in [9.17, 15) is 0 Å². The van der Waals surface area contributed by atoms with Gasteiger partial charge in [0.1, 0.15) is 4.99 Å². The summed E-state index contributed by atoms with van der Waals surface area (Å²) in [4.78, 5) is 6.87. The molecule has 0 aliphatic carbocycles. The Labute approximate surface area is 152 Å². The van der Waals surface area contributed by atoms with Crippen LogP contribution in [-0.4, -0.2) is 28.0 Å². The molecule has 2 heterocycles. The first-order valence-corrected chi connectivity index (χ1v) is 9.18. The molecule has 1 aromatic heterocycles. The summed E-state index contributed by atoms with van der Waals surface area (Å²) in [5.74, 6) is 0. The molecule has 24 heavy (non-hydrogen) atoms. The van der Waals surface area contributed by atoms with Crippen LogP contribution >= 0.6 is 23.8 Å². The van der Waals surface area contributed by atoms with Crippen LogP contribution in [0.5, 0.6) is 0 Å². The summed E-state index contributed by atoms with van der Waals surface area (Å²) in [5, 5.41) is 1.94. The molecule has 0 bridgehead atoms. The highest BCUT2D eigenvalue weighted by Crippen LogP contribution is 2.33. The van der Waals surface area contributed by atoms with E-state index in [0.717, 1.165) is 45.4 Å². The monoisotopic (exact) mass is 354 g/mol.